The lowest BCUT2D eigenvalue weighted by atomic mass is 10.2. The molecule has 1 rings (SSSR count). The molecule has 19 heavy (non-hydrogen) atoms. The molecule has 0 radical (unpaired) electrons. The SMILES string of the molecule is CC(=O)NCCC=Cc1ccc(NC(=O)CCl)cc1. The zero-order valence-corrected chi connectivity index (χ0v) is 11.5. The predicted octanol–water partition coefficient (Wildman–Crippen LogP) is 2.40. The molecule has 2 N–H and O–H groups in total. The van der Waals surface area contributed by atoms with Gasteiger partial charge in [-0.3, -0.25) is 9.59 Å². The Morgan fingerprint density at radius 1 is 1.26 bits per heavy atom. The topological polar surface area (TPSA) is 58.2 Å². The van der Waals surface area contributed by atoms with E-state index in [1.165, 1.54) is 6.92 Å². The van der Waals surface area contributed by atoms with Gasteiger partial charge in [-0.1, -0.05) is 24.3 Å². The van der Waals surface area contributed by atoms with Crippen LogP contribution in [0.1, 0.15) is 18.9 Å². The maximum Gasteiger partial charge on any atom is 0.239 e. The summed E-state index contributed by atoms with van der Waals surface area (Å²) >= 11 is 5.40. The summed E-state index contributed by atoms with van der Waals surface area (Å²) in [5, 5.41) is 5.38. The van der Waals surface area contributed by atoms with Crippen LogP contribution in [0, 0.1) is 0 Å². The first-order valence-corrected chi connectivity index (χ1v) is 6.52. The second kappa shape index (κ2) is 8.32. The molecular formula is C14H17ClN2O2. The van der Waals surface area contributed by atoms with E-state index < -0.39 is 0 Å². The molecule has 0 saturated heterocycles. The van der Waals surface area contributed by atoms with Gasteiger partial charge in [-0.25, -0.2) is 0 Å². The maximum atomic E-state index is 11.1. The lowest BCUT2D eigenvalue weighted by Gasteiger charge is -2.03. The van der Waals surface area contributed by atoms with Gasteiger partial charge in [0.2, 0.25) is 11.8 Å². The highest BCUT2D eigenvalue weighted by Crippen LogP contribution is 2.11. The van der Waals surface area contributed by atoms with Crippen molar-refractivity contribution in [3.05, 3.63) is 35.9 Å². The van der Waals surface area contributed by atoms with E-state index >= 15 is 0 Å². The van der Waals surface area contributed by atoms with Crippen LogP contribution in [0.25, 0.3) is 6.08 Å². The Labute approximate surface area is 117 Å². The highest BCUT2D eigenvalue weighted by molar-refractivity contribution is 6.29. The molecule has 0 aliphatic carbocycles. The van der Waals surface area contributed by atoms with E-state index in [0.29, 0.717) is 6.54 Å². The van der Waals surface area contributed by atoms with Crippen LogP contribution in [0.3, 0.4) is 0 Å². The highest BCUT2D eigenvalue weighted by atomic mass is 35.5. The Hall–Kier alpha value is -1.81. The molecule has 1 aromatic rings. The third kappa shape index (κ3) is 6.62. The van der Waals surface area contributed by atoms with Crippen molar-refractivity contribution in [3.8, 4) is 0 Å². The average Bonchev–Trinajstić information content (AvgIpc) is 2.39. The van der Waals surface area contributed by atoms with Gasteiger partial charge in [0.15, 0.2) is 0 Å². The van der Waals surface area contributed by atoms with Crippen LogP contribution in [0.2, 0.25) is 0 Å². The summed E-state index contributed by atoms with van der Waals surface area (Å²) in [7, 11) is 0. The normalized spacial score (nSPS) is 10.4. The zero-order valence-electron chi connectivity index (χ0n) is 10.8. The fraction of sp³-hybridized carbons (Fsp3) is 0.286. The van der Waals surface area contributed by atoms with Crippen LogP contribution >= 0.6 is 11.6 Å². The van der Waals surface area contributed by atoms with Crippen molar-refractivity contribution in [2.45, 2.75) is 13.3 Å². The third-order valence-electron chi connectivity index (χ3n) is 2.31. The van der Waals surface area contributed by atoms with E-state index in [0.717, 1.165) is 17.7 Å². The minimum Gasteiger partial charge on any atom is -0.356 e. The fourth-order valence-electron chi connectivity index (χ4n) is 1.42. The summed E-state index contributed by atoms with van der Waals surface area (Å²) in [6, 6.07) is 7.44. The van der Waals surface area contributed by atoms with Crippen molar-refractivity contribution in [2.24, 2.45) is 0 Å². The number of benzene rings is 1. The van der Waals surface area contributed by atoms with Gasteiger partial charge in [0, 0.05) is 19.2 Å². The van der Waals surface area contributed by atoms with E-state index in [1.807, 2.05) is 36.4 Å². The summed E-state index contributed by atoms with van der Waals surface area (Å²) in [6.45, 7) is 2.13. The number of carbonyl (C=O) groups is 2. The smallest absolute Gasteiger partial charge is 0.239 e. The number of hydrogen-bond acceptors (Lipinski definition) is 2. The Kier molecular flexibility index (Phi) is 6.68. The van der Waals surface area contributed by atoms with Gasteiger partial charge in [-0.15, -0.1) is 11.6 Å². The van der Waals surface area contributed by atoms with Gasteiger partial charge in [0.1, 0.15) is 5.88 Å². The molecule has 4 nitrogen and oxygen atoms in total. The van der Waals surface area contributed by atoms with Crippen LogP contribution < -0.4 is 10.6 Å². The summed E-state index contributed by atoms with van der Waals surface area (Å²) < 4.78 is 0. The lowest BCUT2D eigenvalue weighted by Crippen LogP contribution is -2.20. The number of hydrogen-bond donors (Lipinski definition) is 2. The maximum absolute atomic E-state index is 11.1. The van der Waals surface area contributed by atoms with Crippen molar-refractivity contribution in [3.63, 3.8) is 0 Å². The zero-order chi connectivity index (χ0) is 14.1. The van der Waals surface area contributed by atoms with Crippen molar-refractivity contribution < 1.29 is 9.59 Å². The Morgan fingerprint density at radius 3 is 2.53 bits per heavy atom. The minimum atomic E-state index is -0.222. The number of amides is 2. The van der Waals surface area contributed by atoms with Crippen molar-refractivity contribution >= 4 is 35.2 Å². The number of alkyl halides is 1. The molecule has 0 atom stereocenters. The fourth-order valence-corrected chi connectivity index (χ4v) is 1.49. The van der Waals surface area contributed by atoms with Crippen LogP contribution in [-0.4, -0.2) is 24.2 Å². The average molecular weight is 281 g/mol. The van der Waals surface area contributed by atoms with Gasteiger partial charge in [0.05, 0.1) is 0 Å². The van der Waals surface area contributed by atoms with Crippen LogP contribution in [0.5, 0.6) is 0 Å². The van der Waals surface area contributed by atoms with E-state index in [-0.39, 0.29) is 17.7 Å². The molecule has 0 unspecified atom stereocenters. The molecule has 0 bridgehead atoms. The first kappa shape index (κ1) is 15.2. The molecule has 1 aromatic carbocycles. The number of nitrogens with one attached hydrogen (secondary N) is 2. The molecule has 0 spiro atoms. The quantitative estimate of drug-likeness (QED) is 0.621. The Bertz CT molecular complexity index is 455. The first-order chi connectivity index (χ1) is 9.11. The van der Waals surface area contributed by atoms with Crippen LogP contribution in [0.4, 0.5) is 5.69 Å². The molecular weight excluding hydrogens is 264 g/mol. The molecule has 5 heteroatoms. The summed E-state index contributed by atoms with van der Waals surface area (Å²) in [5.41, 5.74) is 1.76. The molecule has 0 heterocycles. The van der Waals surface area contributed by atoms with E-state index in [1.54, 1.807) is 0 Å². The third-order valence-corrected chi connectivity index (χ3v) is 2.55. The monoisotopic (exact) mass is 280 g/mol. The number of halogens is 1. The predicted molar refractivity (Wildman–Crippen MR) is 78.1 cm³/mol. The van der Waals surface area contributed by atoms with Crippen LogP contribution in [-0.2, 0) is 9.59 Å². The minimum absolute atomic E-state index is 0.0206. The molecule has 0 aromatic heterocycles. The van der Waals surface area contributed by atoms with Crippen molar-refractivity contribution in [2.75, 3.05) is 17.7 Å². The van der Waals surface area contributed by atoms with Gasteiger partial charge in [-0.05, 0) is 24.1 Å². The standard InChI is InChI=1S/C14H17ClN2O2/c1-11(18)16-9-3-2-4-12-5-7-13(8-6-12)17-14(19)10-15/h2,4-8H,3,9-10H2,1H3,(H,16,18)(H,17,19). The van der Waals surface area contributed by atoms with Crippen molar-refractivity contribution in [1.82, 2.24) is 5.32 Å². The molecule has 0 fully saturated rings. The first-order valence-electron chi connectivity index (χ1n) is 5.98. The summed E-state index contributed by atoms with van der Waals surface area (Å²) in [5.74, 6) is -0.293. The molecule has 102 valence electrons. The van der Waals surface area contributed by atoms with E-state index in [4.69, 9.17) is 11.6 Å². The molecule has 2 amide bonds. The second-order valence-electron chi connectivity index (χ2n) is 3.98. The van der Waals surface area contributed by atoms with Gasteiger partial charge in [-0.2, -0.15) is 0 Å². The largest absolute Gasteiger partial charge is 0.356 e. The highest BCUT2D eigenvalue weighted by Gasteiger charge is 1.98. The van der Waals surface area contributed by atoms with Gasteiger partial charge < -0.3 is 10.6 Å². The number of carbonyl (C=O) groups excluding carboxylic acids is 2. The summed E-state index contributed by atoms with van der Waals surface area (Å²) in [6.07, 6.45) is 4.74. The molecule has 0 saturated carbocycles. The van der Waals surface area contributed by atoms with E-state index in [2.05, 4.69) is 10.6 Å². The number of anilines is 1. The van der Waals surface area contributed by atoms with Crippen molar-refractivity contribution in [1.29, 1.82) is 0 Å². The van der Waals surface area contributed by atoms with Crippen LogP contribution in [0.15, 0.2) is 30.3 Å². The number of rotatable bonds is 6. The van der Waals surface area contributed by atoms with E-state index in [9.17, 15) is 9.59 Å². The Morgan fingerprint density at radius 2 is 1.95 bits per heavy atom. The van der Waals surface area contributed by atoms with Gasteiger partial charge >= 0.3 is 0 Å². The Balaban J connectivity index is 2.41. The second-order valence-corrected chi connectivity index (χ2v) is 4.25. The molecule has 0 aliphatic rings. The summed E-state index contributed by atoms with van der Waals surface area (Å²) in [4.78, 5) is 21.7. The van der Waals surface area contributed by atoms with Gasteiger partial charge in [0.25, 0.3) is 0 Å². The molecule has 0 aliphatic heterocycles. The lowest BCUT2D eigenvalue weighted by molar-refractivity contribution is -0.119.